The highest BCUT2D eigenvalue weighted by Crippen LogP contribution is 2.33. The van der Waals surface area contributed by atoms with Crippen LogP contribution in [0.3, 0.4) is 0 Å². The number of aromatic amines is 2. The Hall–Kier alpha value is -8.68. The van der Waals surface area contributed by atoms with Crippen LogP contribution in [0.5, 0.6) is 0 Å². The Balaban J connectivity index is 0.000000199. The smallest absolute Gasteiger partial charge is 0.335 e. The molecule has 0 radical (unpaired) electrons. The first kappa shape index (κ1) is 59.4. The number of imidazole rings is 2. The topological polar surface area (TPSA) is 251 Å². The van der Waals surface area contributed by atoms with E-state index in [9.17, 15) is 19.2 Å². The van der Waals surface area contributed by atoms with Crippen molar-refractivity contribution in [2.24, 2.45) is 15.7 Å². The molecule has 0 saturated heterocycles. The lowest BCUT2D eigenvalue weighted by Crippen LogP contribution is -2.34. The van der Waals surface area contributed by atoms with Gasteiger partial charge in [-0.1, -0.05) is 90.1 Å². The highest BCUT2D eigenvalue weighted by molar-refractivity contribution is 6.10. The van der Waals surface area contributed by atoms with Crippen molar-refractivity contribution in [3.05, 3.63) is 166 Å². The quantitative estimate of drug-likeness (QED) is 0.0335. The zero-order chi connectivity index (χ0) is 58.3. The van der Waals surface area contributed by atoms with Crippen molar-refractivity contribution < 1.29 is 29.4 Å². The summed E-state index contributed by atoms with van der Waals surface area (Å²) in [5.41, 5.74) is 19.4. The number of carboxylic acid groups (broad SMARTS) is 2. The Morgan fingerprint density at radius 2 is 0.829 bits per heavy atom. The van der Waals surface area contributed by atoms with Crippen molar-refractivity contribution in [2.45, 2.75) is 54.4 Å². The third-order valence-corrected chi connectivity index (χ3v) is 14.9. The fourth-order valence-corrected chi connectivity index (χ4v) is 9.88. The number of carbonyl (C=O) groups excluding carboxylic acids is 2. The van der Waals surface area contributed by atoms with Gasteiger partial charge in [0.1, 0.15) is 11.6 Å². The van der Waals surface area contributed by atoms with E-state index in [1.165, 1.54) is 0 Å². The molecule has 18 nitrogen and oxygen atoms in total. The molecular weight excluding hydrogens is 1030 g/mol. The number of hydrogen-bond donors (Lipinski definition) is 7. The van der Waals surface area contributed by atoms with Gasteiger partial charge in [0.05, 0.1) is 56.0 Å². The van der Waals surface area contributed by atoms with E-state index in [1.54, 1.807) is 36.4 Å². The Kier molecular flexibility index (Phi) is 20.4. The van der Waals surface area contributed by atoms with Crippen molar-refractivity contribution in [2.75, 3.05) is 78.5 Å². The van der Waals surface area contributed by atoms with Gasteiger partial charge in [-0.2, -0.15) is 0 Å². The van der Waals surface area contributed by atoms with E-state index >= 15 is 0 Å². The second-order valence-electron chi connectivity index (χ2n) is 19.9. The van der Waals surface area contributed by atoms with Crippen LogP contribution in [0.1, 0.15) is 105 Å². The average molecular weight is 1110 g/mol. The molecule has 2 aromatic heterocycles. The number of aliphatic imine (C=N–C) groups is 2. The average Bonchev–Trinajstić information content (AvgIpc) is 4.35. The van der Waals surface area contributed by atoms with E-state index in [1.807, 2.05) is 84.9 Å². The predicted molar refractivity (Wildman–Crippen MR) is 327 cm³/mol. The van der Waals surface area contributed by atoms with Crippen LogP contribution < -0.4 is 16.4 Å². The van der Waals surface area contributed by atoms with Gasteiger partial charge in [0, 0.05) is 74.4 Å². The summed E-state index contributed by atoms with van der Waals surface area (Å²) in [6.45, 7) is 23.6. The molecule has 8 aromatic rings. The lowest BCUT2D eigenvalue weighted by Gasteiger charge is -2.17. The Bertz CT molecular complexity index is 3360. The van der Waals surface area contributed by atoms with Crippen molar-refractivity contribution in [1.29, 1.82) is 0 Å². The number of nitrogens with zero attached hydrogens (tertiary/aromatic N) is 7. The highest BCUT2D eigenvalue weighted by atomic mass is 16.4. The number of nitrogens with two attached hydrogens (primary N) is 1. The molecule has 2 amide bonds. The molecular formula is C64H74N12O6. The van der Waals surface area contributed by atoms with Gasteiger partial charge in [-0.15, -0.1) is 0 Å². The van der Waals surface area contributed by atoms with Gasteiger partial charge in [-0.05, 0) is 134 Å². The third-order valence-electron chi connectivity index (χ3n) is 14.9. The summed E-state index contributed by atoms with van der Waals surface area (Å²) < 4.78 is 0. The largest absolute Gasteiger partial charge is 0.478 e. The number of hydrogen-bond acceptors (Lipinski definition) is 12. The minimum Gasteiger partial charge on any atom is -0.478 e. The molecule has 4 heterocycles. The van der Waals surface area contributed by atoms with Gasteiger partial charge in [0.25, 0.3) is 11.8 Å². The number of H-pyrrole nitrogens is 2. The monoisotopic (exact) mass is 1110 g/mol. The number of likely N-dealkylation sites (N-methyl/N-ethyl adjacent to an activating group) is 3. The number of fused-ring (bicyclic) bond motifs is 4. The maximum Gasteiger partial charge on any atom is 0.335 e. The van der Waals surface area contributed by atoms with Crippen molar-refractivity contribution in [3.8, 4) is 22.8 Å². The van der Waals surface area contributed by atoms with Gasteiger partial charge in [0.2, 0.25) is 0 Å². The maximum absolute atomic E-state index is 12.7. The first-order valence-electron chi connectivity index (χ1n) is 28.3. The van der Waals surface area contributed by atoms with Crippen LogP contribution in [-0.2, 0) is 12.8 Å². The lowest BCUT2D eigenvalue weighted by atomic mass is 9.99. The second kappa shape index (κ2) is 28.1. The summed E-state index contributed by atoms with van der Waals surface area (Å²) in [5.74, 6) is -0.602. The summed E-state index contributed by atoms with van der Waals surface area (Å²) in [6.07, 6.45) is 1.19. The summed E-state index contributed by atoms with van der Waals surface area (Å²) in [5, 5.41) is 24.3. The molecule has 82 heavy (non-hydrogen) atoms. The molecule has 0 unspecified atom stereocenters. The molecule has 0 bridgehead atoms. The van der Waals surface area contributed by atoms with E-state index in [2.05, 4.69) is 86.8 Å². The van der Waals surface area contributed by atoms with E-state index in [0.717, 1.165) is 155 Å². The zero-order valence-electron chi connectivity index (χ0n) is 47.7. The van der Waals surface area contributed by atoms with E-state index in [0.29, 0.717) is 37.1 Å². The number of benzene rings is 6. The van der Waals surface area contributed by atoms with E-state index < -0.39 is 11.9 Å². The summed E-state index contributed by atoms with van der Waals surface area (Å²) in [4.78, 5) is 80.1. The van der Waals surface area contributed by atoms with Crippen molar-refractivity contribution >= 4 is 68.6 Å². The number of carbonyl (C=O) groups is 4. The van der Waals surface area contributed by atoms with E-state index in [-0.39, 0.29) is 22.9 Å². The number of rotatable bonds is 22. The fraction of sp³-hybridized carbons (Fsp3) is 0.312. The predicted octanol–water partition coefficient (Wildman–Crippen LogP) is 9.64. The summed E-state index contributed by atoms with van der Waals surface area (Å²) in [7, 11) is 0. The molecule has 426 valence electrons. The van der Waals surface area contributed by atoms with Gasteiger partial charge >= 0.3 is 11.9 Å². The van der Waals surface area contributed by atoms with Crippen molar-refractivity contribution in [1.82, 2.24) is 45.3 Å². The van der Waals surface area contributed by atoms with Crippen LogP contribution in [0.2, 0.25) is 0 Å². The first-order valence-corrected chi connectivity index (χ1v) is 28.3. The minimum atomic E-state index is -0.940. The van der Waals surface area contributed by atoms with Gasteiger partial charge in [0.15, 0.2) is 0 Å². The molecule has 0 fully saturated rings. The molecule has 2 aliphatic heterocycles. The van der Waals surface area contributed by atoms with Crippen LogP contribution in [0.25, 0.3) is 44.8 Å². The van der Waals surface area contributed by atoms with Crippen LogP contribution in [0.15, 0.2) is 131 Å². The Labute approximate surface area is 478 Å². The molecule has 0 spiro atoms. The van der Waals surface area contributed by atoms with Crippen LogP contribution in [-0.4, -0.2) is 159 Å². The van der Waals surface area contributed by atoms with Crippen LogP contribution in [0, 0.1) is 0 Å². The second-order valence-corrected chi connectivity index (χ2v) is 19.9. The molecule has 6 aromatic carbocycles. The Morgan fingerprint density at radius 1 is 0.476 bits per heavy atom. The number of nitrogens with one attached hydrogen (secondary N) is 4. The fourth-order valence-electron chi connectivity index (χ4n) is 9.88. The van der Waals surface area contributed by atoms with Gasteiger partial charge in [-0.25, -0.2) is 19.6 Å². The molecule has 2 aliphatic rings. The molecule has 0 saturated carbocycles. The van der Waals surface area contributed by atoms with E-state index in [4.69, 9.17) is 25.9 Å². The number of aromatic nitrogens is 4. The van der Waals surface area contributed by atoms with Crippen molar-refractivity contribution in [3.63, 3.8) is 0 Å². The molecule has 18 heteroatoms. The Morgan fingerprint density at radius 3 is 1.17 bits per heavy atom. The van der Waals surface area contributed by atoms with Gasteiger partial charge < -0.3 is 51.2 Å². The minimum absolute atomic E-state index is 0.0894. The standard InChI is InChI=1S/C34H42N8O2.C24H16N2O4.C6H16N2/c1-5-41(6-2)19-17-35-33(43)25-13-15-27-29(21-25)39-31(37-27)23-9-11-24(12-10-23)32-38-28-16-14-26(22-30(28)40-32)34(44)36-18-20-42(7-3)8-4;27-23(28)15-5-7-19-17(9-15)11-21(25-19)13-1-2-14(4-3-13)22-12-18-10-16(24(29)30)6-8-20(18)26-22;1-3-8(4-2)6-5-7/h9-16,21-22H,5-8,17-20H2,1-4H3,(H,35,43)(H,36,44)(H,37,39)(H,38,40);1-10H,11-12H2,(H,27,28)(H,29,30);3-7H2,1-2H3. The number of carboxylic acids is 2. The first-order chi connectivity index (χ1) is 39.7. The molecule has 0 atom stereocenters. The zero-order valence-corrected chi connectivity index (χ0v) is 47.7. The molecule has 0 aliphatic carbocycles. The summed E-state index contributed by atoms with van der Waals surface area (Å²) >= 11 is 0. The maximum atomic E-state index is 12.7. The third kappa shape index (κ3) is 14.8. The van der Waals surface area contributed by atoms with Crippen LogP contribution in [0.4, 0.5) is 11.4 Å². The van der Waals surface area contributed by atoms with Gasteiger partial charge in [-0.3, -0.25) is 19.6 Å². The highest BCUT2D eigenvalue weighted by Gasteiger charge is 2.21. The number of aromatic carboxylic acids is 2. The van der Waals surface area contributed by atoms with Crippen LogP contribution >= 0.6 is 0 Å². The normalized spacial score (nSPS) is 12.4. The molecule has 10 rings (SSSR count). The molecule has 8 N–H and O–H groups in total. The SMILES string of the molecule is CCN(CC)CCN.CCN(CC)CCNC(=O)c1ccc2nc(-c3ccc(-c4nc5ccc(C(=O)NCCN(CC)CC)cc5[nH]4)cc3)[nH]c2c1.O=C(O)c1ccc2c(c1)CC(c1ccc(C3=Nc4ccc(C(=O)O)cc4C3)cc1)=N2. The lowest BCUT2D eigenvalue weighted by molar-refractivity contribution is 0.0686. The number of amides is 2. The summed E-state index contributed by atoms with van der Waals surface area (Å²) in [6, 6.07) is 37.0.